The summed E-state index contributed by atoms with van der Waals surface area (Å²) in [7, 11) is 3.93. The Labute approximate surface area is 109 Å². The van der Waals surface area contributed by atoms with Gasteiger partial charge in [0, 0.05) is 38.1 Å². The third-order valence-corrected chi connectivity index (χ3v) is 4.31. The van der Waals surface area contributed by atoms with Crippen molar-refractivity contribution >= 4 is 5.91 Å². The first-order chi connectivity index (χ1) is 8.41. The fourth-order valence-electron chi connectivity index (χ4n) is 2.64. The van der Waals surface area contributed by atoms with E-state index in [0.717, 1.165) is 6.42 Å². The molecular formula is C15H22N2O. The number of hydrogen-bond acceptors (Lipinski definition) is 1. The predicted octanol–water partition coefficient (Wildman–Crippen LogP) is 2.48. The number of carbonyl (C=O) groups is 1. The lowest BCUT2D eigenvalue weighted by Gasteiger charge is -2.23. The average Bonchev–Trinajstić information content (AvgIpc) is 2.52. The molecule has 1 aromatic rings. The minimum atomic E-state index is 0.211. The van der Waals surface area contributed by atoms with E-state index in [4.69, 9.17) is 0 Å². The molecule has 2 heterocycles. The number of nitrogens with zero attached hydrogens (tertiary/aromatic N) is 2. The van der Waals surface area contributed by atoms with E-state index in [-0.39, 0.29) is 5.91 Å². The van der Waals surface area contributed by atoms with Gasteiger partial charge in [-0.15, -0.1) is 0 Å². The summed E-state index contributed by atoms with van der Waals surface area (Å²) < 4.78 is 2.27. The standard InChI is InChI=1S/C15H22N2O/c1-10-11(2)14(17(5)12(10)3)8-13-6-7-16(4)15(18)9-13/h6-7,13H,8-9H2,1-5H3. The van der Waals surface area contributed by atoms with Gasteiger partial charge in [0.1, 0.15) is 0 Å². The fourth-order valence-corrected chi connectivity index (χ4v) is 2.64. The first-order valence-electron chi connectivity index (χ1n) is 6.47. The number of aromatic nitrogens is 1. The van der Waals surface area contributed by atoms with Gasteiger partial charge < -0.3 is 9.47 Å². The molecule has 1 unspecified atom stereocenters. The van der Waals surface area contributed by atoms with Crippen molar-refractivity contribution in [2.75, 3.05) is 7.05 Å². The number of amides is 1. The molecule has 2 rings (SSSR count). The highest BCUT2D eigenvalue weighted by atomic mass is 16.2. The van der Waals surface area contributed by atoms with Crippen LogP contribution in [0.4, 0.5) is 0 Å². The highest BCUT2D eigenvalue weighted by Crippen LogP contribution is 2.25. The maximum absolute atomic E-state index is 11.7. The van der Waals surface area contributed by atoms with Crippen LogP contribution in [0.1, 0.15) is 28.9 Å². The lowest BCUT2D eigenvalue weighted by molar-refractivity contribution is -0.128. The van der Waals surface area contributed by atoms with Crippen molar-refractivity contribution in [1.82, 2.24) is 9.47 Å². The number of rotatable bonds is 2. The van der Waals surface area contributed by atoms with E-state index in [0.29, 0.717) is 12.3 Å². The SMILES string of the molecule is Cc1c(C)c(CC2C=CN(C)C(=O)C2)n(C)c1C. The molecule has 3 nitrogen and oxygen atoms in total. The van der Waals surface area contributed by atoms with E-state index >= 15 is 0 Å². The summed E-state index contributed by atoms with van der Waals surface area (Å²) in [5.41, 5.74) is 5.42. The number of hydrogen-bond donors (Lipinski definition) is 0. The van der Waals surface area contributed by atoms with Gasteiger partial charge in [-0.1, -0.05) is 6.08 Å². The average molecular weight is 246 g/mol. The summed E-state index contributed by atoms with van der Waals surface area (Å²) in [5.74, 6) is 0.544. The summed E-state index contributed by atoms with van der Waals surface area (Å²) in [5, 5.41) is 0. The van der Waals surface area contributed by atoms with Crippen molar-refractivity contribution in [3.63, 3.8) is 0 Å². The zero-order valence-corrected chi connectivity index (χ0v) is 11.9. The molecule has 1 aliphatic rings. The van der Waals surface area contributed by atoms with Crippen LogP contribution in [0.5, 0.6) is 0 Å². The van der Waals surface area contributed by atoms with Gasteiger partial charge in [0.25, 0.3) is 0 Å². The van der Waals surface area contributed by atoms with Crippen molar-refractivity contribution in [1.29, 1.82) is 0 Å². The Balaban J connectivity index is 2.23. The molecule has 0 aliphatic carbocycles. The van der Waals surface area contributed by atoms with E-state index in [1.54, 1.807) is 4.90 Å². The molecule has 1 aromatic heterocycles. The lowest BCUT2D eigenvalue weighted by Crippen LogP contribution is -2.28. The van der Waals surface area contributed by atoms with Crippen molar-refractivity contribution in [2.24, 2.45) is 13.0 Å². The maximum Gasteiger partial charge on any atom is 0.226 e. The highest BCUT2D eigenvalue weighted by molar-refractivity contribution is 5.78. The van der Waals surface area contributed by atoms with Gasteiger partial charge in [0.15, 0.2) is 0 Å². The van der Waals surface area contributed by atoms with Gasteiger partial charge in [0.05, 0.1) is 0 Å². The van der Waals surface area contributed by atoms with Crippen LogP contribution in [-0.2, 0) is 18.3 Å². The molecule has 1 aliphatic heterocycles. The van der Waals surface area contributed by atoms with E-state index in [2.05, 4.69) is 38.5 Å². The van der Waals surface area contributed by atoms with Gasteiger partial charge in [-0.25, -0.2) is 0 Å². The largest absolute Gasteiger partial charge is 0.351 e. The van der Waals surface area contributed by atoms with E-state index in [1.807, 2.05) is 13.2 Å². The molecule has 0 saturated heterocycles. The highest BCUT2D eigenvalue weighted by Gasteiger charge is 2.21. The summed E-state index contributed by atoms with van der Waals surface area (Å²) in [6, 6.07) is 0. The maximum atomic E-state index is 11.7. The second kappa shape index (κ2) is 4.63. The molecule has 0 aromatic carbocycles. The van der Waals surface area contributed by atoms with Crippen LogP contribution in [0.15, 0.2) is 12.3 Å². The Morgan fingerprint density at radius 1 is 1.22 bits per heavy atom. The third-order valence-electron chi connectivity index (χ3n) is 4.31. The Morgan fingerprint density at radius 2 is 1.89 bits per heavy atom. The second-order valence-electron chi connectivity index (χ2n) is 5.36. The molecule has 1 amide bonds. The van der Waals surface area contributed by atoms with Crippen molar-refractivity contribution in [3.05, 3.63) is 34.8 Å². The van der Waals surface area contributed by atoms with Crippen molar-refractivity contribution < 1.29 is 4.79 Å². The number of allylic oxidation sites excluding steroid dienone is 1. The minimum Gasteiger partial charge on any atom is -0.351 e. The van der Waals surface area contributed by atoms with Gasteiger partial charge in [-0.05, 0) is 44.2 Å². The second-order valence-corrected chi connectivity index (χ2v) is 5.36. The fraction of sp³-hybridized carbons (Fsp3) is 0.533. The first kappa shape index (κ1) is 12.9. The number of carbonyl (C=O) groups excluding carboxylic acids is 1. The Hall–Kier alpha value is -1.51. The van der Waals surface area contributed by atoms with Gasteiger partial charge in [-0.3, -0.25) is 4.79 Å². The molecule has 0 bridgehead atoms. The molecule has 18 heavy (non-hydrogen) atoms. The van der Waals surface area contributed by atoms with Crippen LogP contribution in [0.25, 0.3) is 0 Å². The Morgan fingerprint density at radius 3 is 2.39 bits per heavy atom. The van der Waals surface area contributed by atoms with Crippen LogP contribution in [0.3, 0.4) is 0 Å². The predicted molar refractivity (Wildman–Crippen MR) is 73.3 cm³/mol. The summed E-state index contributed by atoms with van der Waals surface area (Å²) in [4.78, 5) is 13.4. The third kappa shape index (κ3) is 2.09. The first-order valence-corrected chi connectivity index (χ1v) is 6.47. The zero-order chi connectivity index (χ0) is 13.4. The Kier molecular flexibility index (Phi) is 3.33. The molecule has 0 fully saturated rings. The minimum absolute atomic E-state index is 0.211. The van der Waals surface area contributed by atoms with Crippen LogP contribution in [0.2, 0.25) is 0 Å². The zero-order valence-electron chi connectivity index (χ0n) is 11.9. The smallest absolute Gasteiger partial charge is 0.226 e. The summed E-state index contributed by atoms with van der Waals surface area (Å²) in [6.45, 7) is 6.50. The molecular weight excluding hydrogens is 224 g/mol. The lowest BCUT2D eigenvalue weighted by atomic mass is 9.94. The van der Waals surface area contributed by atoms with Crippen molar-refractivity contribution in [2.45, 2.75) is 33.6 Å². The molecule has 0 spiro atoms. The molecule has 3 heteroatoms. The van der Waals surface area contributed by atoms with Crippen molar-refractivity contribution in [3.8, 4) is 0 Å². The van der Waals surface area contributed by atoms with E-state index in [9.17, 15) is 4.79 Å². The van der Waals surface area contributed by atoms with Gasteiger partial charge in [-0.2, -0.15) is 0 Å². The Bertz CT molecular complexity index is 486. The quantitative estimate of drug-likeness (QED) is 0.787. The molecule has 0 radical (unpaired) electrons. The summed E-state index contributed by atoms with van der Waals surface area (Å²) >= 11 is 0. The van der Waals surface area contributed by atoms with Crippen LogP contribution in [-0.4, -0.2) is 22.4 Å². The normalized spacial score (nSPS) is 19.7. The van der Waals surface area contributed by atoms with E-state index in [1.165, 1.54) is 22.5 Å². The monoisotopic (exact) mass is 246 g/mol. The van der Waals surface area contributed by atoms with Gasteiger partial charge >= 0.3 is 0 Å². The molecule has 0 saturated carbocycles. The topological polar surface area (TPSA) is 25.2 Å². The molecule has 1 atom stereocenters. The summed E-state index contributed by atoms with van der Waals surface area (Å²) in [6.07, 6.45) is 5.62. The molecule has 0 N–H and O–H groups in total. The molecule has 98 valence electrons. The van der Waals surface area contributed by atoms with E-state index < -0.39 is 0 Å². The van der Waals surface area contributed by atoms with Crippen LogP contribution in [0, 0.1) is 26.7 Å². The van der Waals surface area contributed by atoms with Gasteiger partial charge in [0.2, 0.25) is 5.91 Å². The van der Waals surface area contributed by atoms with Crippen LogP contribution < -0.4 is 0 Å². The van der Waals surface area contributed by atoms with Crippen LogP contribution >= 0.6 is 0 Å².